The Morgan fingerprint density at radius 1 is 1.26 bits per heavy atom. The minimum atomic E-state index is 0.691. The minimum Gasteiger partial charge on any atom is -0.372 e. The quantitative estimate of drug-likeness (QED) is 0.793. The highest BCUT2D eigenvalue weighted by atomic mass is 32.1. The second-order valence-corrected chi connectivity index (χ2v) is 5.04. The van der Waals surface area contributed by atoms with Crippen LogP contribution in [0.15, 0.2) is 29.8 Å². The maximum Gasteiger partial charge on any atom is 0.181 e. The number of fused-ring (bicyclic) bond motifs is 1. The van der Waals surface area contributed by atoms with Gasteiger partial charge >= 0.3 is 0 Å². The fourth-order valence-corrected chi connectivity index (χ4v) is 2.84. The summed E-state index contributed by atoms with van der Waals surface area (Å²) in [7, 11) is 1.88. The Labute approximate surface area is 115 Å². The number of hydrogen-bond donors (Lipinski definition) is 1. The monoisotopic (exact) mass is 270 g/mol. The van der Waals surface area contributed by atoms with Crippen LogP contribution in [0, 0.1) is 0 Å². The van der Waals surface area contributed by atoms with Gasteiger partial charge in [-0.1, -0.05) is 13.0 Å². The van der Waals surface area contributed by atoms with Crippen LogP contribution in [0.5, 0.6) is 0 Å². The lowest BCUT2D eigenvalue weighted by Crippen LogP contribution is -2.00. The standard InChI is InChI=1S/C14H14N4S/c1-3-9-5-4-7-16-11(9)13-17-12(15-2)10-6-8-19-14(10)18-13/h4-8H,3H2,1-2H3,(H,15,17,18). The van der Waals surface area contributed by atoms with E-state index < -0.39 is 0 Å². The van der Waals surface area contributed by atoms with E-state index in [2.05, 4.69) is 33.3 Å². The summed E-state index contributed by atoms with van der Waals surface area (Å²) in [4.78, 5) is 14.6. The first-order valence-electron chi connectivity index (χ1n) is 6.20. The summed E-state index contributed by atoms with van der Waals surface area (Å²) in [5.41, 5.74) is 2.04. The highest BCUT2D eigenvalue weighted by molar-refractivity contribution is 7.16. The zero-order chi connectivity index (χ0) is 13.2. The van der Waals surface area contributed by atoms with Gasteiger partial charge in [0.1, 0.15) is 16.3 Å². The molecule has 0 aromatic carbocycles. The van der Waals surface area contributed by atoms with Crippen molar-refractivity contribution in [1.29, 1.82) is 0 Å². The third kappa shape index (κ3) is 2.06. The molecule has 0 radical (unpaired) electrons. The van der Waals surface area contributed by atoms with Gasteiger partial charge in [-0.2, -0.15) is 0 Å². The first kappa shape index (κ1) is 12.0. The van der Waals surface area contributed by atoms with Crippen molar-refractivity contribution >= 4 is 27.4 Å². The van der Waals surface area contributed by atoms with Crippen LogP contribution in [0.2, 0.25) is 0 Å². The number of hydrogen-bond acceptors (Lipinski definition) is 5. The van der Waals surface area contributed by atoms with Crippen molar-refractivity contribution in [2.75, 3.05) is 12.4 Å². The molecule has 5 heteroatoms. The Hall–Kier alpha value is -2.01. The second kappa shape index (κ2) is 4.93. The number of thiophene rings is 1. The van der Waals surface area contributed by atoms with Crippen LogP contribution in [0.3, 0.4) is 0 Å². The highest BCUT2D eigenvalue weighted by Crippen LogP contribution is 2.28. The minimum absolute atomic E-state index is 0.691. The summed E-state index contributed by atoms with van der Waals surface area (Å²) in [6.07, 6.45) is 2.71. The predicted octanol–water partition coefficient (Wildman–Crippen LogP) is 3.36. The zero-order valence-corrected chi connectivity index (χ0v) is 11.7. The molecule has 0 spiro atoms. The van der Waals surface area contributed by atoms with Crippen LogP contribution in [0.25, 0.3) is 21.7 Å². The zero-order valence-electron chi connectivity index (χ0n) is 10.8. The average molecular weight is 270 g/mol. The Balaban J connectivity index is 2.24. The summed E-state index contributed by atoms with van der Waals surface area (Å²) in [5, 5.41) is 6.22. The second-order valence-electron chi connectivity index (χ2n) is 4.15. The lowest BCUT2D eigenvalue weighted by molar-refractivity contribution is 1.08. The van der Waals surface area contributed by atoms with Gasteiger partial charge in [-0.3, -0.25) is 4.98 Å². The van der Waals surface area contributed by atoms with Crippen molar-refractivity contribution in [3.05, 3.63) is 35.3 Å². The molecule has 3 heterocycles. The van der Waals surface area contributed by atoms with E-state index in [0.717, 1.165) is 28.1 Å². The first-order valence-corrected chi connectivity index (χ1v) is 7.08. The normalized spacial score (nSPS) is 10.8. The number of aromatic nitrogens is 3. The SMILES string of the molecule is CCc1cccnc1-c1nc(NC)c2ccsc2n1. The summed E-state index contributed by atoms with van der Waals surface area (Å²) < 4.78 is 0. The van der Waals surface area contributed by atoms with Crippen molar-refractivity contribution in [3.63, 3.8) is 0 Å². The third-order valence-electron chi connectivity index (χ3n) is 3.05. The molecule has 3 rings (SSSR count). The van der Waals surface area contributed by atoms with Gasteiger partial charge in [-0.05, 0) is 29.5 Å². The molecule has 0 unspecified atom stereocenters. The van der Waals surface area contributed by atoms with E-state index in [1.54, 1.807) is 17.5 Å². The molecule has 0 aliphatic rings. The molecule has 96 valence electrons. The molecule has 0 amide bonds. The Bertz CT molecular complexity index is 720. The predicted molar refractivity (Wildman–Crippen MR) is 79.6 cm³/mol. The Kier molecular flexibility index (Phi) is 3.13. The molecule has 0 saturated heterocycles. The Morgan fingerprint density at radius 3 is 2.95 bits per heavy atom. The molecule has 0 saturated carbocycles. The van der Waals surface area contributed by atoms with Gasteiger partial charge in [-0.25, -0.2) is 9.97 Å². The maximum absolute atomic E-state index is 4.63. The number of pyridine rings is 1. The van der Waals surface area contributed by atoms with Gasteiger partial charge in [0, 0.05) is 13.2 Å². The van der Waals surface area contributed by atoms with Crippen molar-refractivity contribution in [3.8, 4) is 11.5 Å². The van der Waals surface area contributed by atoms with Crippen LogP contribution in [0.4, 0.5) is 5.82 Å². The van der Waals surface area contributed by atoms with E-state index in [4.69, 9.17) is 0 Å². The molecule has 0 bridgehead atoms. The van der Waals surface area contributed by atoms with E-state index in [1.807, 2.05) is 24.6 Å². The molecule has 3 aromatic heterocycles. The molecule has 1 N–H and O–H groups in total. The highest BCUT2D eigenvalue weighted by Gasteiger charge is 2.12. The summed E-state index contributed by atoms with van der Waals surface area (Å²) >= 11 is 1.62. The van der Waals surface area contributed by atoms with Gasteiger partial charge in [0.2, 0.25) is 0 Å². The number of nitrogens with one attached hydrogen (secondary N) is 1. The van der Waals surface area contributed by atoms with Crippen molar-refractivity contribution < 1.29 is 0 Å². The Morgan fingerprint density at radius 2 is 2.16 bits per heavy atom. The molecular weight excluding hydrogens is 256 g/mol. The van der Waals surface area contributed by atoms with Gasteiger partial charge in [0.05, 0.1) is 5.39 Å². The van der Waals surface area contributed by atoms with E-state index in [9.17, 15) is 0 Å². The summed E-state index contributed by atoms with van der Waals surface area (Å²) in [6, 6.07) is 6.06. The van der Waals surface area contributed by atoms with Crippen LogP contribution in [-0.4, -0.2) is 22.0 Å². The smallest absolute Gasteiger partial charge is 0.181 e. The van der Waals surface area contributed by atoms with Gasteiger partial charge < -0.3 is 5.32 Å². The van der Waals surface area contributed by atoms with E-state index in [-0.39, 0.29) is 0 Å². The first-order chi connectivity index (χ1) is 9.33. The lowest BCUT2D eigenvalue weighted by Gasteiger charge is -2.07. The number of nitrogens with zero attached hydrogens (tertiary/aromatic N) is 3. The van der Waals surface area contributed by atoms with Crippen molar-refractivity contribution in [2.24, 2.45) is 0 Å². The molecule has 4 nitrogen and oxygen atoms in total. The molecule has 19 heavy (non-hydrogen) atoms. The molecule has 0 aliphatic heterocycles. The fourth-order valence-electron chi connectivity index (χ4n) is 2.08. The third-order valence-corrected chi connectivity index (χ3v) is 3.85. The van der Waals surface area contributed by atoms with Gasteiger partial charge in [-0.15, -0.1) is 11.3 Å². The van der Waals surface area contributed by atoms with Gasteiger partial charge in [0.15, 0.2) is 5.82 Å². The van der Waals surface area contributed by atoms with Crippen LogP contribution in [-0.2, 0) is 6.42 Å². The number of rotatable bonds is 3. The fraction of sp³-hybridized carbons (Fsp3) is 0.214. The van der Waals surface area contributed by atoms with Crippen LogP contribution >= 0.6 is 11.3 Å². The summed E-state index contributed by atoms with van der Waals surface area (Å²) in [6.45, 7) is 2.11. The molecule has 0 fully saturated rings. The van der Waals surface area contributed by atoms with E-state index >= 15 is 0 Å². The average Bonchev–Trinajstić information content (AvgIpc) is 2.94. The van der Waals surface area contributed by atoms with E-state index in [0.29, 0.717) is 5.82 Å². The van der Waals surface area contributed by atoms with E-state index in [1.165, 1.54) is 5.56 Å². The summed E-state index contributed by atoms with van der Waals surface area (Å²) in [5.74, 6) is 1.55. The molecule has 0 atom stereocenters. The van der Waals surface area contributed by atoms with Gasteiger partial charge in [0.25, 0.3) is 0 Å². The number of aryl methyl sites for hydroxylation is 1. The van der Waals surface area contributed by atoms with Crippen LogP contribution < -0.4 is 5.32 Å². The molecule has 3 aromatic rings. The van der Waals surface area contributed by atoms with Crippen molar-refractivity contribution in [1.82, 2.24) is 15.0 Å². The molecule has 0 aliphatic carbocycles. The lowest BCUT2D eigenvalue weighted by atomic mass is 10.1. The maximum atomic E-state index is 4.63. The van der Waals surface area contributed by atoms with Crippen molar-refractivity contribution in [2.45, 2.75) is 13.3 Å². The topological polar surface area (TPSA) is 50.7 Å². The largest absolute Gasteiger partial charge is 0.372 e. The molecular formula is C14H14N4S. The van der Waals surface area contributed by atoms with Crippen LogP contribution in [0.1, 0.15) is 12.5 Å². The number of anilines is 1.